The normalized spacial score (nSPS) is 21.5. The van der Waals surface area contributed by atoms with Crippen molar-refractivity contribution in [3.8, 4) is 0 Å². The van der Waals surface area contributed by atoms with Gasteiger partial charge in [-0.15, -0.1) is 0 Å². The van der Waals surface area contributed by atoms with Gasteiger partial charge >= 0.3 is 11.9 Å². The van der Waals surface area contributed by atoms with E-state index in [1.54, 1.807) is 0 Å². The summed E-state index contributed by atoms with van der Waals surface area (Å²) in [4.78, 5) is 89.5. The predicted octanol–water partition coefficient (Wildman–Crippen LogP) is 0.411. The SMILES string of the molecule is CC(C)C[C@@H](CC(=O)N[C@@H](CCC(=O)O)CC(=O)O)NC(=O)[C@@H]1CNCC[C@H]1NC(=O)C[C@@H](NC(=O)C[C@H](Cc1ccccc1)NC(=O)[C@@H]1CNCC[C@H]1N)C(C)C. The lowest BCUT2D eigenvalue weighted by atomic mass is 9.90. The molecule has 2 aliphatic heterocycles. The van der Waals surface area contributed by atoms with Crippen LogP contribution in [0.5, 0.6) is 0 Å². The second-order valence-corrected chi connectivity index (χ2v) is 16.6. The van der Waals surface area contributed by atoms with E-state index in [0.717, 1.165) is 12.1 Å². The molecular formula is C41H66N8O9. The Kier molecular flexibility index (Phi) is 20.0. The van der Waals surface area contributed by atoms with Crippen LogP contribution in [-0.4, -0.2) is 114 Å². The summed E-state index contributed by atoms with van der Waals surface area (Å²) in [5.74, 6) is -5.07. The number of amides is 5. The zero-order valence-corrected chi connectivity index (χ0v) is 34.4. The summed E-state index contributed by atoms with van der Waals surface area (Å²) >= 11 is 0. The van der Waals surface area contributed by atoms with E-state index in [1.807, 2.05) is 58.0 Å². The fourth-order valence-corrected chi connectivity index (χ4v) is 7.58. The third kappa shape index (κ3) is 17.5. The number of hydrogen-bond donors (Lipinski definition) is 10. The number of hydrogen-bond acceptors (Lipinski definition) is 10. The Morgan fingerprint density at radius 2 is 1.31 bits per heavy atom. The van der Waals surface area contributed by atoms with Crippen molar-refractivity contribution in [1.29, 1.82) is 0 Å². The number of carbonyl (C=O) groups excluding carboxylic acids is 5. The Bertz CT molecular complexity index is 1530. The maximum Gasteiger partial charge on any atom is 0.305 e. The van der Waals surface area contributed by atoms with Crippen molar-refractivity contribution < 1.29 is 43.8 Å². The zero-order chi connectivity index (χ0) is 42.8. The Hall–Kier alpha value is -4.61. The van der Waals surface area contributed by atoms with Crippen molar-refractivity contribution in [1.82, 2.24) is 37.2 Å². The number of nitrogens with one attached hydrogen (secondary N) is 7. The lowest BCUT2D eigenvalue weighted by molar-refractivity contribution is -0.140. The smallest absolute Gasteiger partial charge is 0.305 e. The van der Waals surface area contributed by atoms with Gasteiger partial charge in [-0.3, -0.25) is 33.6 Å². The highest BCUT2D eigenvalue weighted by molar-refractivity contribution is 5.85. The molecule has 2 saturated heterocycles. The maximum atomic E-state index is 13.7. The molecular weight excluding hydrogens is 748 g/mol. The number of aliphatic carboxylic acids is 2. The first-order chi connectivity index (χ1) is 27.5. The monoisotopic (exact) mass is 814 g/mol. The minimum Gasteiger partial charge on any atom is -0.481 e. The van der Waals surface area contributed by atoms with E-state index in [-0.39, 0.29) is 80.2 Å². The van der Waals surface area contributed by atoms with Crippen LogP contribution in [0.4, 0.5) is 0 Å². The van der Waals surface area contributed by atoms with Crippen molar-refractivity contribution in [2.24, 2.45) is 29.4 Å². The molecule has 2 heterocycles. The number of rotatable bonds is 23. The van der Waals surface area contributed by atoms with Gasteiger partial charge in [-0.05, 0) is 62.6 Å². The van der Waals surface area contributed by atoms with E-state index in [9.17, 15) is 38.7 Å². The van der Waals surface area contributed by atoms with Gasteiger partial charge in [0.25, 0.3) is 0 Å². The molecule has 0 aliphatic carbocycles. The zero-order valence-electron chi connectivity index (χ0n) is 34.4. The molecule has 0 saturated carbocycles. The Morgan fingerprint density at radius 3 is 1.93 bits per heavy atom. The molecule has 324 valence electrons. The number of benzene rings is 1. The van der Waals surface area contributed by atoms with Gasteiger partial charge in [-0.1, -0.05) is 58.0 Å². The summed E-state index contributed by atoms with van der Waals surface area (Å²) in [5.41, 5.74) is 7.22. The van der Waals surface area contributed by atoms with Crippen LogP contribution >= 0.6 is 0 Å². The lowest BCUT2D eigenvalue weighted by Gasteiger charge is -2.34. The van der Waals surface area contributed by atoms with Crippen molar-refractivity contribution in [2.45, 2.75) is 128 Å². The summed E-state index contributed by atoms with van der Waals surface area (Å²) in [6.45, 7) is 9.75. The average molecular weight is 815 g/mol. The quantitative estimate of drug-likeness (QED) is 0.0720. The Morgan fingerprint density at radius 1 is 0.707 bits per heavy atom. The van der Waals surface area contributed by atoms with Crippen molar-refractivity contribution >= 4 is 41.5 Å². The standard InChI is InChI=1S/C41H66N8O9/c1-24(2)16-28(18-35(50)45-27(20-39(55)56)10-11-38(53)54)46-41(58)31-23-44-15-13-33(31)48-37(52)21-34(25(3)4)49-36(51)19-29(17-26-8-6-5-7-9-26)47-40(57)30-22-43-14-12-32(30)42/h5-9,24-25,27-34,43-44H,10-23,42H2,1-4H3,(H,45,50)(H,46,58)(H,47,57)(H,48,52)(H,49,51)(H,53,54)(H,55,56)/t27-,28-,29-,30+,31+,32+,33+,34+/m0/s1. The molecule has 11 N–H and O–H groups in total. The highest BCUT2D eigenvalue weighted by Gasteiger charge is 2.35. The first-order valence-electron chi connectivity index (χ1n) is 20.6. The third-order valence-electron chi connectivity index (χ3n) is 10.7. The van der Waals surface area contributed by atoms with Gasteiger partial charge in [0, 0.05) is 75.0 Å². The molecule has 3 rings (SSSR count). The van der Waals surface area contributed by atoms with E-state index in [2.05, 4.69) is 37.2 Å². The first kappa shape index (κ1) is 47.8. The molecule has 0 radical (unpaired) electrons. The maximum absolute atomic E-state index is 13.7. The number of nitrogens with two attached hydrogens (primary N) is 1. The van der Waals surface area contributed by atoms with E-state index in [1.165, 1.54) is 0 Å². The second-order valence-electron chi connectivity index (χ2n) is 16.6. The van der Waals surface area contributed by atoms with Crippen LogP contribution in [0.15, 0.2) is 30.3 Å². The molecule has 17 nitrogen and oxygen atoms in total. The Balaban J connectivity index is 1.62. The van der Waals surface area contributed by atoms with Crippen LogP contribution in [0.1, 0.15) is 91.0 Å². The van der Waals surface area contributed by atoms with Crippen LogP contribution in [0, 0.1) is 23.7 Å². The van der Waals surface area contributed by atoms with E-state index < -0.39 is 66.3 Å². The number of carboxylic acids is 2. The van der Waals surface area contributed by atoms with Crippen molar-refractivity contribution in [3.63, 3.8) is 0 Å². The molecule has 0 aromatic heterocycles. The van der Waals surface area contributed by atoms with Gasteiger partial charge in [0.1, 0.15) is 0 Å². The summed E-state index contributed by atoms with van der Waals surface area (Å²) in [7, 11) is 0. The lowest BCUT2D eigenvalue weighted by Crippen LogP contribution is -2.57. The van der Waals surface area contributed by atoms with E-state index in [4.69, 9.17) is 10.8 Å². The molecule has 1 aromatic rings. The number of piperidine rings is 2. The van der Waals surface area contributed by atoms with Gasteiger partial charge in [-0.25, -0.2) is 0 Å². The summed E-state index contributed by atoms with van der Waals surface area (Å²) in [5, 5.41) is 39.4. The van der Waals surface area contributed by atoms with Crippen molar-refractivity contribution in [2.75, 3.05) is 26.2 Å². The van der Waals surface area contributed by atoms with Gasteiger partial charge in [-0.2, -0.15) is 0 Å². The van der Waals surface area contributed by atoms with Crippen molar-refractivity contribution in [3.05, 3.63) is 35.9 Å². The van der Waals surface area contributed by atoms with Crippen LogP contribution in [0.25, 0.3) is 0 Å². The minimum absolute atomic E-state index is 0.00445. The molecule has 2 aliphatic rings. The van der Waals surface area contributed by atoms with E-state index in [0.29, 0.717) is 38.8 Å². The fourth-order valence-electron chi connectivity index (χ4n) is 7.58. The molecule has 2 fully saturated rings. The van der Waals surface area contributed by atoms with Crippen LogP contribution in [0.3, 0.4) is 0 Å². The molecule has 1 aromatic carbocycles. The molecule has 0 spiro atoms. The predicted molar refractivity (Wildman–Crippen MR) is 217 cm³/mol. The third-order valence-corrected chi connectivity index (χ3v) is 10.7. The second kappa shape index (κ2) is 24.3. The number of carbonyl (C=O) groups is 7. The van der Waals surface area contributed by atoms with E-state index >= 15 is 0 Å². The summed E-state index contributed by atoms with van der Waals surface area (Å²) in [6.07, 6.45) is 1.07. The largest absolute Gasteiger partial charge is 0.481 e. The van der Waals surface area contributed by atoms with Gasteiger partial charge in [0.2, 0.25) is 29.5 Å². The van der Waals surface area contributed by atoms with Crippen LogP contribution < -0.4 is 43.0 Å². The van der Waals surface area contributed by atoms with Gasteiger partial charge < -0.3 is 53.2 Å². The minimum atomic E-state index is -1.17. The molecule has 8 atom stereocenters. The highest BCUT2D eigenvalue weighted by atomic mass is 16.4. The first-order valence-corrected chi connectivity index (χ1v) is 20.6. The topological polar surface area (TPSA) is 270 Å². The van der Waals surface area contributed by atoms with Crippen LogP contribution in [0.2, 0.25) is 0 Å². The number of carboxylic acid groups (broad SMARTS) is 2. The van der Waals surface area contributed by atoms with Gasteiger partial charge in [0.05, 0.1) is 18.3 Å². The van der Waals surface area contributed by atoms with Crippen LogP contribution in [-0.2, 0) is 40.0 Å². The van der Waals surface area contributed by atoms with Gasteiger partial charge in [0.15, 0.2) is 0 Å². The molecule has 0 bridgehead atoms. The fraction of sp³-hybridized carbons (Fsp3) is 0.683. The molecule has 5 amide bonds. The average Bonchev–Trinajstić information content (AvgIpc) is 3.13. The summed E-state index contributed by atoms with van der Waals surface area (Å²) < 4.78 is 0. The Labute approximate surface area is 341 Å². The highest BCUT2D eigenvalue weighted by Crippen LogP contribution is 2.18. The molecule has 17 heteroatoms. The summed E-state index contributed by atoms with van der Waals surface area (Å²) in [6, 6.07) is 6.27. The molecule has 58 heavy (non-hydrogen) atoms. The molecule has 0 unspecified atom stereocenters.